The van der Waals surface area contributed by atoms with Crippen LogP contribution in [0, 0.1) is 0 Å². The Labute approximate surface area is 161 Å². The Morgan fingerprint density at radius 3 is 2.72 bits per heavy atom. The number of hydrogen-bond donors (Lipinski definition) is 2. The standard InChI is InChI=1S/C17H25N3O3.2ClH/c21-17(16-11-18-6-8-23-16)19-10-15-13-20(7-9-22-15)12-14-4-2-1-3-5-14;;/h1-5,15-16,18H,6-13H2,(H,19,21);2*1H. The fourth-order valence-electron chi connectivity index (χ4n) is 2.95. The summed E-state index contributed by atoms with van der Waals surface area (Å²) in [5.41, 5.74) is 1.30. The summed E-state index contributed by atoms with van der Waals surface area (Å²) in [6.45, 7) is 5.89. The number of ether oxygens (including phenoxy) is 2. The fraction of sp³-hybridized carbons (Fsp3) is 0.588. The van der Waals surface area contributed by atoms with Crippen LogP contribution in [0.25, 0.3) is 0 Å². The highest BCUT2D eigenvalue weighted by Gasteiger charge is 2.25. The molecular weight excluding hydrogens is 365 g/mol. The molecule has 0 aromatic heterocycles. The van der Waals surface area contributed by atoms with Gasteiger partial charge in [0.15, 0.2) is 0 Å². The molecule has 2 heterocycles. The van der Waals surface area contributed by atoms with E-state index in [1.54, 1.807) is 0 Å². The second-order valence-corrected chi connectivity index (χ2v) is 6.02. The predicted molar refractivity (Wildman–Crippen MR) is 102 cm³/mol. The third-order valence-corrected chi connectivity index (χ3v) is 4.20. The lowest BCUT2D eigenvalue weighted by Gasteiger charge is -2.33. The van der Waals surface area contributed by atoms with Crippen LogP contribution in [-0.4, -0.2) is 69.0 Å². The molecule has 1 aromatic carbocycles. The molecule has 2 aliphatic heterocycles. The van der Waals surface area contributed by atoms with Crippen molar-refractivity contribution in [3.8, 4) is 0 Å². The molecule has 2 aliphatic rings. The lowest BCUT2D eigenvalue weighted by Crippen LogP contribution is -2.51. The summed E-state index contributed by atoms with van der Waals surface area (Å²) >= 11 is 0. The Morgan fingerprint density at radius 2 is 2.00 bits per heavy atom. The van der Waals surface area contributed by atoms with Gasteiger partial charge in [0.1, 0.15) is 6.10 Å². The first-order valence-corrected chi connectivity index (χ1v) is 8.29. The Kier molecular flexibility index (Phi) is 10.3. The first-order valence-electron chi connectivity index (χ1n) is 8.29. The molecule has 1 amide bonds. The normalized spacial score (nSPS) is 23.8. The van der Waals surface area contributed by atoms with Gasteiger partial charge in [-0.25, -0.2) is 0 Å². The third-order valence-electron chi connectivity index (χ3n) is 4.20. The molecule has 142 valence electrons. The lowest BCUT2D eigenvalue weighted by molar-refractivity contribution is -0.135. The number of amides is 1. The zero-order valence-corrected chi connectivity index (χ0v) is 15.8. The van der Waals surface area contributed by atoms with E-state index in [4.69, 9.17) is 9.47 Å². The van der Waals surface area contributed by atoms with Gasteiger partial charge >= 0.3 is 0 Å². The molecule has 25 heavy (non-hydrogen) atoms. The molecule has 8 heteroatoms. The second kappa shape index (κ2) is 11.7. The summed E-state index contributed by atoms with van der Waals surface area (Å²) in [4.78, 5) is 14.4. The maximum absolute atomic E-state index is 12.1. The van der Waals surface area contributed by atoms with Crippen LogP contribution in [0.3, 0.4) is 0 Å². The quantitative estimate of drug-likeness (QED) is 0.778. The first kappa shape index (κ1) is 22.2. The number of rotatable bonds is 5. The number of carbonyl (C=O) groups excluding carboxylic acids is 1. The molecule has 0 radical (unpaired) electrons. The van der Waals surface area contributed by atoms with Gasteiger partial charge in [-0.1, -0.05) is 30.3 Å². The third kappa shape index (κ3) is 7.09. The number of benzene rings is 1. The SMILES string of the molecule is Cl.Cl.O=C(NCC1CN(Cc2ccccc2)CCO1)C1CNCCO1. The fourth-order valence-corrected chi connectivity index (χ4v) is 2.95. The van der Waals surface area contributed by atoms with Gasteiger partial charge in [0, 0.05) is 39.3 Å². The number of halogens is 2. The van der Waals surface area contributed by atoms with Crippen LogP contribution in [0.4, 0.5) is 0 Å². The molecule has 2 fully saturated rings. The Morgan fingerprint density at radius 1 is 1.20 bits per heavy atom. The molecule has 2 atom stereocenters. The summed E-state index contributed by atoms with van der Waals surface area (Å²) in [5, 5.41) is 6.11. The van der Waals surface area contributed by atoms with Crippen LogP contribution in [0.5, 0.6) is 0 Å². The predicted octanol–water partition coefficient (Wildman–Crippen LogP) is 0.836. The molecule has 0 spiro atoms. The first-order chi connectivity index (χ1) is 11.3. The van der Waals surface area contributed by atoms with E-state index in [1.807, 2.05) is 6.07 Å². The van der Waals surface area contributed by atoms with Gasteiger partial charge in [-0.3, -0.25) is 9.69 Å². The van der Waals surface area contributed by atoms with E-state index in [0.717, 1.165) is 26.2 Å². The molecule has 2 saturated heterocycles. The van der Waals surface area contributed by atoms with Crippen molar-refractivity contribution in [3.05, 3.63) is 35.9 Å². The highest BCUT2D eigenvalue weighted by Crippen LogP contribution is 2.10. The molecule has 3 rings (SSSR count). The van der Waals surface area contributed by atoms with Gasteiger partial charge in [0.2, 0.25) is 0 Å². The van der Waals surface area contributed by atoms with Crippen molar-refractivity contribution < 1.29 is 14.3 Å². The molecule has 0 saturated carbocycles. The van der Waals surface area contributed by atoms with E-state index in [2.05, 4.69) is 39.8 Å². The average molecular weight is 392 g/mol. The number of morpholine rings is 2. The minimum Gasteiger partial charge on any atom is -0.374 e. The molecule has 2 unspecified atom stereocenters. The van der Waals surface area contributed by atoms with Crippen LogP contribution in [-0.2, 0) is 20.8 Å². The highest BCUT2D eigenvalue weighted by atomic mass is 35.5. The van der Waals surface area contributed by atoms with Gasteiger partial charge in [0.25, 0.3) is 5.91 Å². The van der Waals surface area contributed by atoms with Gasteiger partial charge in [-0.05, 0) is 5.56 Å². The minimum atomic E-state index is -0.382. The molecule has 1 aromatic rings. The highest BCUT2D eigenvalue weighted by molar-refractivity contribution is 5.85. The minimum absolute atomic E-state index is 0. The van der Waals surface area contributed by atoms with Crippen LogP contribution in [0.2, 0.25) is 0 Å². The Balaban J connectivity index is 0.00000156. The molecule has 6 nitrogen and oxygen atoms in total. The summed E-state index contributed by atoms with van der Waals surface area (Å²) in [5.74, 6) is -0.0546. The molecular formula is C17H27Cl2N3O3. The van der Waals surface area contributed by atoms with Crippen molar-refractivity contribution in [2.24, 2.45) is 0 Å². The van der Waals surface area contributed by atoms with Crippen LogP contribution >= 0.6 is 24.8 Å². The van der Waals surface area contributed by atoms with Crippen molar-refractivity contribution in [1.29, 1.82) is 0 Å². The van der Waals surface area contributed by atoms with E-state index in [-0.39, 0.29) is 42.9 Å². The van der Waals surface area contributed by atoms with Gasteiger partial charge < -0.3 is 20.1 Å². The van der Waals surface area contributed by atoms with Crippen molar-refractivity contribution in [2.45, 2.75) is 18.8 Å². The van der Waals surface area contributed by atoms with Crippen molar-refractivity contribution in [2.75, 3.05) is 45.9 Å². The van der Waals surface area contributed by atoms with Crippen LogP contribution in [0.1, 0.15) is 5.56 Å². The summed E-state index contributed by atoms with van der Waals surface area (Å²) in [7, 11) is 0. The van der Waals surface area contributed by atoms with Gasteiger partial charge in [0.05, 0.1) is 19.3 Å². The second-order valence-electron chi connectivity index (χ2n) is 6.02. The smallest absolute Gasteiger partial charge is 0.250 e. The topological polar surface area (TPSA) is 62.8 Å². The van der Waals surface area contributed by atoms with E-state index in [9.17, 15) is 4.79 Å². The summed E-state index contributed by atoms with van der Waals surface area (Å²) < 4.78 is 11.2. The van der Waals surface area contributed by atoms with Crippen molar-refractivity contribution >= 4 is 30.7 Å². The number of nitrogens with zero attached hydrogens (tertiary/aromatic N) is 1. The largest absolute Gasteiger partial charge is 0.374 e. The van der Waals surface area contributed by atoms with Crippen molar-refractivity contribution in [1.82, 2.24) is 15.5 Å². The Hall–Kier alpha value is -0.890. The van der Waals surface area contributed by atoms with Crippen molar-refractivity contribution in [3.63, 3.8) is 0 Å². The monoisotopic (exact) mass is 391 g/mol. The molecule has 0 aliphatic carbocycles. The number of hydrogen-bond acceptors (Lipinski definition) is 5. The van der Waals surface area contributed by atoms with Crippen LogP contribution in [0.15, 0.2) is 30.3 Å². The number of nitrogens with one attached hydrogen (secondary N) is 2. The van der Waals surface area contributed by atoms with E-state index in [0.29, 0.717) is 26.3 Å². The molecule has 0 bridgehead atoms. The summed E-state index contributed by atoms with van der Waals surface area (Å²) in [6.07, 6.45) is -0.347. The Bertz CT molecular complexity index is 501. The zero-order chi connectivity index (χ0) is 15.9. The summed E-state index contributed by atoms with van der Waals surface area (Å²) in [6, 6.07) is 10.4. The maximum atomic E-state index is 12.1. The zero-order valence-electron chi connectivity index (χ0n) is 14.2. The number of carbonyl (C=O) groups is 1. The van der Waals surface area contributed by atoms with Crippen LogP contribution < -0.4 is 10.6 Å². The molecule has 2 N–H and O–H groups in total. The van der Waals surface area contributed by atoms with Gasteiger partial charge in [-0.15, -0.1) is 24.8 Å². The average Bonchev–Trinajstić information content (AvgIpc) is 2.62. The van der Waals surface area contributed by atoms with E-state index in [1.165, 1.54) is 5.56 Å². The van der Waals surface area contributed by atoms with E-state index < -0.39 is 0 Å². The lowest BCUT2D eigenvalue weighted by atomic mass is 10.2. The van der Waals surface area contributed by atoms with E-state index >= 15 is 0 Å². The maximum Gasteiger partial charge on any atom is 0.250 e. The van der Waals surface area contributed by atoms with Gasteiger partial charge in [-0.2, -0.15) is 0 Å².